The Morgan fingerprint density at radius 1 is 1.09 bits per heavy atom. The highest BCUT2D eigenvalue weighted by Crippen LogP contribution is 2.19. The number of sulfonamides is 1. The molecule has 7 heteroatoms. The third-order valence-electron chi connectivity index (χ3n) is 2.89. The fraction of sp³-hybridized carbons (Fsp3) is 0.133. The molecule has 0 bridgehead atoms. The standard InChI is InChI=1S/C15H15FN2O3S/c1-18(2)15(19)11-6-5-7-12(10-11)17-22(20,21)14-9-4-3-8-13(14)16/h3-10,17H,1-2H3. The summed E-state index contributed by atoms with van der Waals surface area (Å²) in [6.45, 7) is 0. The molecule has 0 radical (unpaired) electrons. The third-order valence-corrected chi connectivity index (χ3v) is 4.31. The highest BCUT2D eigenvalue weighted by atomic mass is 32.2. The number of rotatable bonds is 4. The second-order valence-corrected chi connectivity index (χ2v) is 6.47. The largest absolute Gasteiger partial charge is 0.345 e. The molecule has 1 N–H and O–H groups in total. The number of benzene rings is 2. The molecule has 0 spiro atoms. The number of hydrogen-bond donors (Lipinski definition) is 1. The lowest BCUT2D eigenvalue weighted by atomic mass is 10.2. The van der Waals surface area contributed by atoms with Crippen molar-refractivity contribution in [3.63, 3.8) is 0 Å². The van der Waals surface area contributed by atoms with Crippen LogP contribution in [0.2, 0.25) is 0 Å². The van der Waals surface area contributed by atoms with Crippen LogP contribution in [-0.4, -0.2) is 33.3 Å². The average molecular weight is 322 g/mol. The Balaban J connectivity index is 2.33. The van der Waals surface area contributed by atoms with Gasteiger partial charge in [-0.2, -0.15) is 0 Å². The molecule has 0 atom stereocenters. The van der Waals surface area contributed by atoms with Gasteiger partial charge in [-0.3, -0.25) is 9.52 Å². The number of halogens is 1. The molecule has 0 aliphatic carbocycles. The first-order valence-electron chi connectivity index (χ1n) is 6.40. The Kier molecular flexibility index (Phi) is 4.46. The van der Waals surface area contributed by atoms with Gasteiger partial charge in [0.15, 0.2) is 0 Å². The monoisotopic (exact) mass is 322 g/mol. The molecule has 0 aromatic heterocycles. The molecule has 0 aliphatic rings. The van der Waals surface area contributed by atoms with Crippen molar-refractivity contribution in [2.24, 2.45) is 0 Å². The predicted molar refractivity (Wildman–Crippen MR) is 81.7 cm³/mol. The van der Waals surface area contributed by atoms with E-state index in [-0.39, 0.29) is 11.6 Å². The van der Waals surface area contributed by atoms with Crippen LogP contribution in [0.25, 0.3) is 0 Å². The van der Waals surface area contributed by atoms with Gasteiger partial charge in [0.05, 0.1) is 0 Å². The first kappa shape index (κ1) is 16.0. The van der Waals surface area contributed by atoms with E-state index in [1.807, 2.05) is 0 Å². The summed E-state index contributed by atoms with van der Waals surface area (Å²) in [6.07, 6.45) is 0. The lowest BCUT2D eigenvalue weighted by molar-refractivity contribution is 0.0827. The number of nitrogens with zero attached hydrogens (tertiary/aromatic N) is 1. The molecule has 2 aromatic rings. The van der Waals surface area contributed by atoms with E-state index in [9.17, 15) is 17.6 Å². The van der Waals surface area contributed by atoms with Gasteiger partial charge in [0.2, 0.25) is 0 Å². The van der Waals surface area contributed by atoms with Crippen molar-refractivity contribution >= 4 is 21.6 Å². The number of nitrogens with one attached hydrogen (secondary N) is 1. The van der Waals surface area contributed by atoms with Gasteiger partial charge in [-0.15, -0.1) is 0 Å². The van der Waals surface area contributed by atoms with E-state index in [2.05, 4.69) is 4.72 Å². The Labute approximate surface area is 128 Å². The molecule has 22 heavy (non-hydrogen) atoms. The summed E-state index contributed by atoms with van der Waals surface area (Å²) in [5.74, 6) is -1.09. The Bertz CT molecular complexity index is 804. The van der Waals surface area contributed by atoms with E-state index in [0.29, 0.717) is 5.56 Å². The van der Waals surface area contributed by atoms with Crippen molar-refractivity contribution in [2.75, 3.05) is 18.8 Å². The van der Waals surface area contributed by atoms with Crippen molar-refractivity contribution < 1.29 is 17.6 Å². The highest BCUT2D eigenvalue weighted by Gasteiger charge is 2.19. The van der Waals surface area contributed by atoms with Crippen LogP contribution >= 0.6 is 0 Å². The van der Waals surface area contributed by atoms with Gasteiger partial charge in [0.1, 0.15) is 10.7 Å². The molecule has 0 fully saturated rings. The molecule has 0 heterocycles. The number of amides is 1. The summed E-state index contributed by atoms with van der Waals surface area (Å²) >= 11 is 0. The van der Waals surface area contributed by atoms with Crippen LogP contribution in [-0.2, 0) is 10.0 Å². The summed E-state index contributed by atoms with van der Waals surface area (Å²) in [6, 6.07) is 11.1. The van der Waals surface area contributed by atoms with E-state index in [4.69, 9.17) is 0 Å². The van der Waals surface area contributed by atoms with E-state index >= 15 is 0 Å². The number of hydrogen-bond acceptors (Lipinski definition) is 3. The van der Waals surface area contributed by atoms with Crippen LogP contribution < -0.4 is 4.72 Å². The fourth-order valence-corrected chi connectivity index (χ4v) is 2.98. The molecule has 5 nitrogen and oxygen atoms in total. The van der Waals surface area contributed by atoms with Crippen LogP contribution in [0, 0.1) is 5.82 Å². The first-order valence-corrected chi connectivity index (χ1v) is 7.88. The van der Waals surface area contributed by atoms with Crippen LogP contribution in [0.1, 0.15) is 10.4 Å². The van der Waals surface area contributed by atoms with Crippen LogP contribution in [0.5, 0.6) is 0 Å². The summed E-state index contributed by atoms with van der Waals surface area (Å²) in [5.41, 5.74) is 0.523. The maximum atomic E-state index is 13.6. The minimum atomic E-state index is -4.06. The van der Waals surface area contributed by atoms with Gasteiger partial charge in [-0.05, 0) is 30.3 Å². The lowest BCUT2D eigenvalue weighted by Gasteiger charge is -2.12. The van der Waals surface area contributed by atoms with Crippen LogP contribution in [0.3, 0.4) is 0 Å². The topological polar surface area (TPSA) is 66.5 Å². The van der Waals surface area contributed by atoms with E-state index in [0.717, 1.165) is 6.07 Å². The second kappa shape index (κ2) is 6.15. The van der Waals surface area contributed by atoms with Crippen molar-refractivity contribution in [1.29, 1.82) is 0 Å². The maximum absolute atomic E-state index is 13.6. The van der Waals surface area contributed by atoms with Crippen LogP contribution in [0.4, 0.5) is 10.1 Å². The zero-order valence-electron chi connectivity index (χ0n) is 12.1. The predicted octanol–water partition coefficient (Wildman–Crippen LogP) is 2.33. The fourth-order valence-electron chi connectivity index (χ4n) is 1.85. The van der Waals surface area contributed by atoms with Crippen LogP contribution in [0.15, 0.2) is 53.4 Å². The van der Waals surface area contributed by atoms with E-state index in [1.165, 1.54) is 35.2 Å². The summed E-state index contributed by atoms with van der Waals surface area (Å²) in [4.78, 5) is 12.8. The average Bonchev–Trinajstić information content (AvgIpc) is 2.46. The van der Waals surface area contributed by atoms with Crippen molar-refractivity contribution in [3.8, 4) is 0 Å². The minimum absolute atomic E-state index is 0.191. The Hall–Kier alpha value is -2.41. The first-order chi connectivity index (χ1) is 10.3. The second-order valence-electron chi connectivity index (χ2n) is 4.82. The van der Waals surface area contributed by atoms with E-state index < -0.39 is 20.7 Å². The summed E-state index contributed by atoms with van der Waals surface area (Å²) in [5, 5.41) is 0. The lowest BCUT2D eigenvalue weighted by Crippen LogP contribution is -2.22. The smallest absolute Gasteiger partial charge is 0.264 e. The molecule has 2 aromatic carbocycles. The molecular formula is C15H15FN2O3S. The Morgan fingerprint density at radius 2 is 1.77 bits per heavy atom. The molecule has 1 amide bonds. The van der Waals surface area contributed by atoms with Crippen molar-refractivity contribution in [2.45, 2.75) is 4.90 Å². The van der Waals surface area contributed by atoms with Gasteiger partial charge < -0.3 is 4.90 Å². The number of carbonyl (C=O) groups excluding carboxylic acids is 1. The quantitative estimate of drug-likeness (QED) is 0.939. The number of carbonyl (C=O) groups is 1. The highest BCUT2D eigenvalue weighted by molar-refractivity contribution is 7.92. The van der Waals surface area contributed by atoms with Gasteiger partial charge >= 0.3 is 0 Å². The molecule has 0 saturated heterocycles. The molecule has 0 aliphatic heterocycles. The SMILES string of the molecule is CN(C)C(=O)c1cccc(NS(=O)(=O)c2ccccc2F)c1. The third kappa shape index (κ3) is 3.43. The maximum Gasteiger partial charge on any atom is 0.264 e. The molecule has 2 rings (SSSR count). The summed E-state index contributed by atoms with van der Waals surface area (Å²) < 4.78 is 40.3. The van der Waals surface area contributed by atoms with Gasteiger partial charge in [-0.1, -0.05) is 18.2 Å². The van der Waals surface area contributed by atoms with Crippen molar-refractivity contribution in [1.82, 2.24) is 4.90 Å². The van der Waals surface area contributed by atoms with Gasteiger partial charge in [0, 0.05) is 25.3 Å². The van der Waals surface area contributed by atoms with Gasteiger partial charge in [0.25, 0.3) is 15.9 Å². The molecule has 0 unspecified atom stereocenters. The number of anilines is 1. The molecule has 0 saturated carbocycles. The molecule has 116 valence electrons. The summed E-state index contributed by atoms with van der Waals surface area (Å²) in [7, 11) is -0.865. The zero-order valence-corrected chi connectivity index (χ0v) is 12.9. The van der Waals surface area contributed by atoms with Gasteiger partial charge in [-0.25, -0.2) is 12.8 Å². The normalized spacial score (nSPS) is 11.0. The zero-order chi connectivity index (χ0) is 16.3. The van der Waals surface area contributed by atoms with E-state index in [1.54, 1.807) is 26.2 Å². The Morgan fingerprint density at radius 3 is 2.41 bits per heavy atom. The molecular weight excluding hydrogens is 307 g/mol. The van der Waals surface area contributed by atoms with Crippen molar-refractivity contribution in [3.05, 3.63) is 59.9 Å². The minimum Gasteiger partial charge on any atom is -0.345 e.